The van der Waals surface area contributed by atoms with E-state index in [1.165, 1.54) is 7.11 Å². The number of anilines is 1. The summed E-state index contributed by atoms with van der Waals surface area (Å²) in [5, 5.41) is 6.54. The Morgan fingerprint density at radius 1 is 1.17 bits per heavy atom. The first-order chi connectivity index (χ1) is 10.9. The van der Waals surface area contributed by atoms with Gasteiger partial charge in [-0.3, -0.25) is 10.1 Å². The molecule has 0 radical (unpaired) electrons. The Labute approximate surface area is 149 Å². The molecule has 1 amide bonds. The van der Waals surface area contributed by atoms with Crippen molar-refractivity contribution in [3.05, 3.63) is 57.6 Å². The third-order valence-corrected chi connectivity index (χ3v) is 3.65. The van der Waals surface area contributed by atoms with Gasteiger partial charge in [0.25, 0.3) is 5.91 Å². The highest BCUT2D eigenvalue weighted by Gasteiger charge is 2.15. The van der Waals surface area contributed by atoms with Crippen LogP contribution in [0.1, 0.15) is 15.9 Å². The first kappa shape index (κ1) is 17.5. The summed E-state index contributed by atoms with van der Waals surface area (Å²) in [5.74, 6) is 0.148. The van der Waals surface area contributed by atoms with E-state index in [9.17, 15) is 4.79 Å². The topological polar surface area (TPSA) is 50.4 Å². The number of thiocarbonyl (C=S) groups is 1. The van der Waals surface area contributed by atoms with E-state index in [1.807, 2.05) is 13.0 Å². The average Bonchev–Trinajstić information content (AvgIpc) is 2.45. The van der Waals surface area contributed by atoms with Crippen LogP contribution in [0.15, 0.2) is 36.4 Å². The summed E-state index contributed by atoms with van der Waals surface area (Å²) in [6.45, 7) is 1.86. The number of benzene rings is 2. The monoisotopic (exact) mass is 368 g/mol. The molecule has 0 fully saturated rings. The van der Waals surface area contributed by atoms with Crippen LogP contribution in [0.25, 0.3) is 0 Å². The molecule has 0 aromatic heterocycles. The van der Waals surface area contributed by atoms with Crippen LogP contribution in [-0.4, -0.2) is 18.1 Å². The van der Waals surface area contributed by atoms with E-state index in [4.69, 9.17) is 40.2 Å². The Kier molecular flexibility index (Phi) is 5.82. The Bertz CT molecular complexity index is 745. The first-order valence-corrected chi connectivity index (χ1v) is 7.79. The van der Waals surface area contributed by atoms with Crippen molar-refractivity contribution in [3.63, 3.8) is 0 Å². The Balaban J connectivity index is 2.11. The zero-order valence-electron chi connectivity index (χ0n) is 12.4. The van der Waals surface area contributed by atoms with Crippen molar-refractivity contribution in [2.75, 3.05) is 12.4 Å². The summed E-state index contributed by atoms with van der Waals surface area (Å²) < 4.78 is 5.27. The lowest BCUT2D eigenvalue weighted by molar-refractivity contribution is 0.0974. The number of amides is 1. The predicted octanol–water partition coefficient (Wildman–Crippen LogP) is 4.44. The van der Waals surface area contributed by atoms with Gasteiger partial charge in [0, 0.05) is 15.7 Å². The maximum absolute atomic E-state index is 12.3. The fourth-order valence-corrected chi connectivity index (χ4v) is 2.80. The molecule has 0 spiro atoms. The minimum Gasteiger partial charge on any atom is -0.496 e. The van der Waals surface area contributed by atoms with Crippen molar-refractivity contribution < 1.29 is 9.53 Å². The molecule has 23 heavy (non-hydrogen) atoms. The van der Waals surface area contributed by atoms with E-state index in [1.54, 1.807) is 30.3 Å². The highest BCUT2D eigenvalue weighted by molar-refractivity contribution is 7.80. The number of aryl methyl sites for hydroxylation is 1. The van der Waals surface area contributed by atoms with Gasteiger partial charge in [-0.15, -0.1) is 0 Å². The minimum absolute atomic E-state index is 0.136. The van der Waals surface area contributed by atoms with E-state index in [2.05, 4.69) is 10.6 Å². The second-order valence-electron chi connectivity index (χ2n) is 4.72. The van der Waals surface area contributed by atoms with E-state index < -0.39 is 0 Å². The number of hydrogen-bond donors (Lipinski definition) is 2. The SMILES string of the molecule is COc1c(C)cccc1C(=O)NC(=S)Nc1cc(Cl)cc(Cl)c1. The second-order valence-corrected chi connectivity index (χ2v) is 6.00. The summed E-state index contributed by atoms with van der Waals surface area (Å²) in [5.41, 5.74) is 1.85. The van der Waals surface area contributed by atoms with Crippen molar-refractivity contribution in [1.29, 1.82) is 0 Å². The van der Waals surface area contributed by atoms with Crippen LogP contribution in [-0.2, 0) is 0 Å². The molecule has 0 heterocycles. The third-order valence-electron chi connectivity index (χ3n) is 3.01. The summed E-state index contributed by atoms with van der Waals surface area (Å²) in [4.78, 5) is 12.3. The largest absolute Gasteiger partial charge is 0.496 e. The maximum atomic E-state index is 12.3. The summed E-state index contributed by atoms with van der Waals surface area (Å²) in [6.07, 6.45) is 0. The molecule has 0 aliphatic rings. The minimum atomic E-state index is -0.365. The molecule has 0 atom stereocenters. The quantitative estimate of drug-likeness (QED) is 0.786. The van der Waals surface area contributed by atoms with E-state index >= 15 is 0 Å². The molecule has 2 aromatic carbocycles. The van der Waals surface area contributed by atoms with Crippen LogP contribution < -0.4 is 15.4 Å². The lowest BCUT2D eigenvalue weighted by Gasteiger charge is -2.13. The van der Waals surface area contributed by atoms with Gasteiger partial charge in [-0.2, -0.15) is 0 Å². The summed E-state index contributed by atoms with van der Waals surface area (Å²) in [7, 11) is 1.52. The molecule has 2 rings (SSSR count). The van der Waals surface area contributed by atoms with Crippen LogP contribution >= 0.6 is 35.4 Å². The number of carbonyl (C=O) groups excluding carboxylic acids is 1. The molecule has 0 bridgehead atoms. The normalized spacial score (nSPS) is 10.1. The van der Waals surface area contributed by atoms with Gasteiger partial charge in [0.1, 0.15) is 5.75 Å². The number of carbonyl (C=O) groups is 1. The molecular formula is C16H14Cl2N2O2S. The second kappa shape index (κ2) is 7.64. The molecule has 0 aliphatic heterocycles. The molecule has 0 aliphatic carbocycles. The highest BCUT2D eigenvalue weighted by Crippen LogP contribution is 2.24. The van der Waals surface area contributed by atoms with Crippen molar-refractivity contribution in [2.24, 2.45) is 0 Å². The lowest BCUT2D eigenvalue weighted by Crippen LogP contribution is -2.34. The van der Waals surface area contributed by atoms with E-state index in [0.29, 0.717) is 27.0 Å². The third kappa shape index (κ3) is 4.58. The number of rotatable bonds is 3. The highest BCUT2D eigenvalue weighted by atomic mass is 35.5. The zero-order chi connectivity index (χ0) is 17.0. The van der Waals surface area contributed by atoms with Gasteiger partial charge < -0.3 is 10.1 Å². The first-order valence-electron chi connectivity index (χ1n) is 6.62. The molecule has 0 saturated heterocycles. The number of para-hydroxylation sites is 1. The van der Waals surface area contributed by atoms with Crippen molar-refractivity contribution >= 4 is 52.1 Å². The Morgan fingerprint density at radius 3 is 2.43 bits per heavy atom. The van der Waals surface area contributed by atoms with E-state index in [0.717, 1.165) is 5.56 Å². The smallest absolute Gasteiger partial charge is 0.261 e. The Morgan fingerprint density at radius 2 is 1.83 bits per heavy atom. The fourth-order valence-electron chi connectivity index (χ4n) is 2.06. The molecule has 2 aromatic rings. The maximum Gasteiger partial charge on any atom is 0.261 e. The Hall–Kier alpha value is -1.82. The predicted molar refractivity (Wildman–Crippen MR) is 97.9 cm³/mol. The van der Waals surface area contributed by atoms with Gasteiger partial charge in [-0.25, -0.2) is 0 Å². The van der Waals surface area contributed by atoms with Gasteiger partial charge >= 0.3 is 0 Å². The van der Waals surface area contributed by atoms with Gasteiger partial charge in [-0.1, -0.05) is 35.3 Å². The molecule has 120 valence electrons. The average molecular weight is 369 g/mol. The molecule has 2 N–H and O–H groups in total. The van der Waals surface area contributed by atoms with Crippen LogP contribution in [0.3, 0.4) is 0 Å². The van der Waals surface area contributed by atoms with Gasteiger partial charge in [-0.05, 0) is 49.0 Å². The number of ether oxygens (including phenoxy) is 1. The number of nitrogens with one attached hydrogen (secondary N) is 2. The number of methoxy groups -OCH3 is 1. The van der Waals surface area contributed by atoms with Gasteiger partial charge in [0.15, 0.2) is 5.11 Å². The standard InChI is InChI=1S/C16H14Cl2N2O2S/c1-9-4-3-5-13(14(9)22-2)15(21)20-16(23)19-12-7-10(17)6-11(18)8-12/h3-8H,1-2H3,(H2,19,20,21,23). The van der Waals surface area contributed by atoms with Crippen LogP contribution in [0.5, 0.6) is 5.75 Å². The van der Waals surface area contributed by atoms with Crippen molar-refractivity contribution in [1.82, 2.24) is 5.32 Å². The molecule has 4 nitrogen and oxygen atoms in total. The number of halogens is 2. The van der Waals surface area contributed by atoms with Crippen LogP contribution in [0.2, 0.25) is 10.0 Å². The molecule has 7 heteroatoms. The summed E-state index contributed by atoms with van der Waals surface area (Å²) in [6, 6.07) is 10.2. The molecular weight excluding hydrogens is 355 g/mol. The molecule has 0 saturated carbocycles. The van der Waals surface area contributed by atoms with Crippen molar-refractivity contribution in [2.45, 2.75) is 6.92 Å². The van der Waals surface area contributed by atoms with Crippen LogP contribution in [0, 0.1) is 6.92 Å². The van der Waals surface area contributed by atoms with E-state index in [-0.39, 0.29) is 11.0 Å². The van der Waals surface area contributed by atoms with Gasteiger partial charge in [0.05, 0.1) is 12.7 Å². The number of hydrogen-bond acceptors (Lipinski definition) is 3. The van der Waals surface area contributed by atoms with Crippen molar-refractivity contribution in [3.8, 4) is 5.75 Å². The lowest BCUT2D eigenvalue weighted by atomic mass is 10.1. The van der Waals surface area contributed by atoms with Crippen LogP contribution in [0.4, 0.5) is 5.69 Å². The zero-order valence-corrected chi connectivity index (χ0v) is 14.8. The fraction of sp³-hybridized carbons (Fsp3) is 0.125. The molecule has 0 unspecified atom stereocenters. The summed E-state index contributed by atoms with van der Waals surface area (Å²) >= 11 is 17.0. The van der Waals surface area contributed by atoms with Gasteiger partial charge in [0.2, 0.25) is 0 Å².